The van der Waals surface area contributed by atoms with Gasteiger partial charge in [0, 0.05) is 13.5 Å². The van der Waals surface area contributed by atoms with Gasteiger partial charge in [-0.1, -0.05) is 6.07 Å². The van der Waals surface area contributed by atoms with Gasteiger partial charge in [0.1, 0.15) is 0 Å². The number of aromatic nitrogens is 2. The molecule has 0 atom stereocenters. The van der Waals surface area contributed by atoms with Crippen molar-refractivity contribution in [2.45, 2.75) is 12.8 Å². The smallest absolute Gasteiger partial charge is 0.316 e. The van der Waals surface area contributed by atoms with Crippen LogP contribution in [0.2, 0.25) is 0 Å². The molecule has 0 aliphatic carbocycles. The number of hydrogen-bond acceptors (Lipinski definition) is 3. The van der Waals surface area contributed by atoms with Crippen LogP contribution in [0.4, 0.5) is 0 Å². The first kappa shape index (κ1) is 12.1. The molecule has 0 saturated heterocycles. The number of carboxylic acids is 1. The van der Waals surface area contributed by atoms with Gasteiger partial charge in [0.15, 0.2) is 0 Å². The summed E-state index contributed by atoms with van der Waals surface area (Å²) in [6, 6.07) is 5.14. The van der Waals surface area contributed by atoms with Crippen LogP contribution in [0.1, 0.15) is 12.0 Å². The van der Waals surface area contributed by atoms with Gasteiger partial charge in [0.05, 0.1) is 11.0 Å². The number of nitrogens with one attached hydrogen (secondary N) is 1. The Labute approximate surface area is 102 Å². The quantitative estimate of drug-likeness (QED) is 0.761. The SMILES string of the molecule is Cn1c(=O)c(=O)[nH]c2cc(CCC(=O)O)ccc21. The van der Waals surface area contributed by atoms with Crippen molar-refractivity contribution >= 4 is 17.0 Å². The molecule has 0 unspecified atom stereocenters. The van der Waals surface area contributed by atoms with Gasteiger partial charge in [-0.05, 0) is 24.1 Å². The number of nitrogens with zero attached hydrogens (tertiary/aromatic N) is 1. The number of hydrogen-bond donors (Lipinski definition) is 2. The molecule has 2 rings (SSSR count). The molecule has 1 aromatic carbocycles. The lowest BCUT2D eigenvalue weighted by molar-refractivity contribution is -0.136. The standard InChI is InChI=1S/C12H12N2O4/c1-14-9-4-2-7(3-5-10(15)16)6-8(9)13-11(17)12(14)18/h2,4,6H,3,5H2,1H3,(H,13,17)(H,15,16). The highest BCUT2D eigenvalue weighted by Crippen LogP contribution is 2.12. The van der Waals surface area contributed by atoms with E-state index in [1.165, 1.54) is 11.6 Å². The highest BCUT2D eigenvalue weighted by molar-refractivity contribution is 5.75. The van der Waals surface area contributed by atoms with E-state index < -0.39 is 17.1 Å². The Morgan fingerprint density at radius 1 is 1.39 bits per heavy atom. The average molecular weight is 248 g/mol. The van der Waals surface area contributed by atoms with Crippen LogP contribution in [0, 0.1) is 0 Å². The maximum absolute atomic E-state index is 11.4. The summed E-state index contributed by atoms with van der Waals surface area (Å²) in [4.78, 5) is 35.7. The summed E-state index contributed by atoms with van der Waals surface area (Å²) in [6.07, 6.45) is 0.414. The van der Waals surface area contributed by atoms with E-state index in [2.05, 4.69) is 4.98 Å². The summed E-state index contributed by atoms with van der Waals surface area (Å²) in [7, 11) is 1.52. The Morgan fingerprint density at radius 2 is 2.11 bits per heavy atom. The first-order chi connectivity index (χ1) is 8.49. The molecule has 94 valence electrons. The van der Waals surface area contributed by atoms with Crippen LogP contribution in [-0.2, 0) is 18.3 Å². The molecule has 0 fully saturated rings. The molecular formula is C12H12N2O4. The average Bonchev–Trinajstić information content (AvgIpc) is 2.33. The third-order valence-electron chi connectivity index (χ3n) is 2.80. The van der Waals surface area contributed by atoms with Crippen molar-refractivity contribution in [3.05, 3.63) is 44.5 Å². The monoisotopic (exact) mass is 248 g/mol. The maximum atomic E-state index is 11.4. The molecule has 0 aliphatic heterocycles. The Bertz CT molecular complexity index is 727. The third-order valence-corrected chi connectivity index (χ3v) is 2.80. The topological polar surface area (TPSA) is 92.2 Å². The molecule has 2 N–H and O–H groups in total. The summed E-state index contributed by atoms with van der Waals surface area (Å²) in [5.74, 6) is -0.871. The van der Waals surface area contributed by atoms with Gasteiger partial charge < -0.3 is 14.7 Å². The molecule has 2 aromatic rings. The van der Waals surface area contributed by atoms with Crippen molar-refractivity contribution in [1.29, 1.82) is 0 Å². The largest absolute Gasteiger partial charge is 0.481 e. The molecule has 18 heavy (non-hydrogen) atoms. The summed E-state index contributed by atoms with van der Waals surface area (Å²) in [5.41, 5.74) is 0.657. The summed E-state index contributed by atoms with van der Waals surface area (Å²) in [6.45, 7) is 0. The highest BCUT2D eigenvalue weighted by atomic mass is 16.4. The Morgan fingerprint density at radius 3 is 2.78 bits per heavy atom. The Hall–Kier alpha value is -2.37. The third kappa shape index (κ3) is 2.17. The number of carboxylic acid groups (broad SMARTS) is 1. The molecule has 6 nitrogen and oxygen atoms in total. The van der Waals surface area contributed by atoms with Gasteiger partial charge in [-0.2, -0.15) is 0 Å². The maximum Gasteiger partial charge on any atom is 0.316 e. The zero-order chi connectivity index (χ0) is 13.3. The highest BCUT2D eigenvalue weighted by Gasteiger charge is 2.05. The summed E-state index contributed by atoms with van der Waals surface area (Å²) < 4.78 is 1.27. The molecule has 0 saturated carbocycles. The van der Waals surface area contributed by atoms with E-state index in [1.807, 2.05) is 0 Å². The van der Waals surface area contributed by atoms with Crippen LogP contribution < -0.4 is 11.1 Å². The predicted molar refractivity (Wildman–Crippen MR) is 65.8 cm³/mol. The second kappa shape index (κ2) is 4.48. The molecule has 1 aromatic heterocycles. The fourth-order valence-corrected chi connectivity index (χ4v) is 1.82. The summed E-state index contributed by atoms with van der Waals surface area (Å²) in [5, 5.41) is 8.61. The van der Waals surface area contributed by atoms with Crippen molar-refractivity contribution in [2.24, 2.45) is 7.05 Å². The van der Waals surface area contributed by atoms with Gasteiger partial charge in [-0.15, -0.1) is 0 Å². The number of aromatic amines is 1. The first-order valence-electron chi connectivity index (χ1n) is 5.43. The number of benzene rings is 1. The number of aliphatic carboxylic acids is 1. The van der Waals surface area contributed by atoms with Gasteiger partial charge in [0.25, 0.3) is 0 Å². The van der Waals surface area contributed by atoms with Gasteiger partial charge >= 0.3 is 17.1 Å². The molecule has 0 spiro atoms. The lowest BCUT2D eigenvalue weighted by Gasteiger charge is -2.05. The van der Waals surface area contributed by atoms with Crippen molar-refractivity contribution < 1.29 is 9.90 Å². The van der Waals surface area contributed by atoms with Gasteiger partial charge in [-0.3, -0.25) is 14.4 Å². The van der Waals surface area contributed by atoms with E-state index >= 15 is 0 Å². The number of fused-ring (bicyclic) bond motifs is 1. The lowest BCUT2D eigenvalue weighted by Crippen LogP contribution is -2.34. The van der Waals surface area contributed by atoms with Crippen LogP contribution >= 0.6 is 0 Å². The Kier molecular flexibility index (Phi) is 3.01. The Balaban J connectivity index is 2.52. The van der Waals surface area contributed by atoms with Crippen LogP contribution in [0.3, 0.4) is 0 Å². The molecule has 0 amide bonds. The van der Waals surface area contributed by atoms with E-state index in [4.69, 9.17) is 5.11 Å². The minimum absolute atomic E-state index is 0.0293. The predicted octanol–water partition coefficient (Wildman–Crippen LogP) is 0.244. The second-order valence-electron chi connectivity index (χ2n) is 4.06. The second-order valence-corrected chi connectivity index (χ2v) is 4.06. The summed E-state index contributed by atoms with van der Waals surface area (Å²) >= 11 is 0. The minimum Gasteiger partial charge on any atom is -0.481 e. The number of carbonyl (C=O) groups is 1. The van der Waals surface area contributed by atoms with Crippen molar-refractivity contribution in [2.75, 3.05) is 0 Å². The van der Waals surface area contributed by atoms with E-state index in [9.17, 15) is 14.4 Å². The van der Waals surface area contributed by atoms with Crippen LogP contribution in [0.25, 0.3) is 11.0 Å². The lowest BCUT2D eigenvalue weighted by atomic mass is 10.1. The van der Waals surface area contributed by atoms with Crippen LogP contribution in [-0.4, -0.2) is 20.6 Å². The number of rotatable bonds is 3. The zero-order valence-corrected chi connectivity index (χ0v) is 9.77. The van der Waals surface area contributed by atoms with E-state index in [0.717, 1.165) is 5.56 Å². The number of aryl methyl sites for hydroxylation is 2. The van der Waals surface area contributed by atoms with Crippen LogP contribution in [0.5, 0.6) is 0 Å². The van der Waals surface area contributed by atoms with Gasteiger partial charge in [-0.25, -0.2) is 0 Å². The van der Waals surface area contributed by atoms with Crippen molar-refractivity contribution in [1.82, 2.24) is 9.55 Å². The minimum atomic E-state index is -0.871. The molecule has 0 radical (unpaired) electrons. The molecule has 1 heterocycles. The molecule has 0 aliphatic rings. The van der Waals surface area contributed by atoms with Crippen molar-refractivity contribution in [3.8, 4) is 0 Å². The van der Waals surface area contributed by atoms with Crippen LogP contribution in [0.15, 0.2) is 27.8 Å². The fraction of sp³-hybridized carbons (Fsp3) is 0.250. The van der Waals surface area contributed by atoms with Crippen molar-refractivity contribution in [3.63, 3.8) is 0 Å². The zero-order valence-electron chi connectivity index (χ0n) is 9.77. The fourth-order valence-electron chi connectivity index (χ4n) is 1.82. The number of H-pyrrole nitrogens is 1. The van der Waals surface area contributed by atoms with E-state index in [-0.39, 0.29) is 6.42 Å². The first-order valence-corrected chi connectivity index (χ1v) is 5.43. The van der Waals surface area contributed by atoms with Gasteiger partial charge in [0.2, 0.25) is 0 Å². The molecule has 0 bridgehead atoms. The van der Waals surface area contributed by atoms with E-state index in [1.54, 1.807) is 18.2 Å². The van der Waals surface area contributed by atoms with E-state index in [0.29, 0.717) is 17.5 Å². The molecular weight excluding hydrogens is 236 g/mol. The molecule has 6 heteroatoms. The normalized spacial score (nSPS) is 10.7.